The van der Waals surface area contributed by atoms with Crippen molar-refractivity contribution in [2.24, 2.45) is 5.92 Å². The highest BCUT2D eigenvalue weighted by molar-refractivity contribution is 7.89. The Hall–Kier alpha value is -1.84. The predicted molar refractivity (Wildman–Crippen MR) is 113 cm³/mol. The molecule has 1 unspecified atom stereocenters. The SMILES string of the molecule is Cc1c(Cl)cccc1S(=O)(=O)N1CCC[C@H](NC(=O)[C@H]2CCCN(C(=O)O)C2C)C1. The van der Waals surface area contributed by atoms with E-state index in [0.29, 0.717) is 49.4 Å². The zero-order valence-electron chi connectivity index (χ0n) is 17.2. The molecule has 8 nitrogen and oxygen atoms in total. The molecule has 30 heavy (non-hydrogen) atoms. The molecule has 2 aliphatic rings. The van der Waals surface area contributed by atoms with Crippen LogP contribution >= 0.6 is 11.6 Å². The van der Waals surface area contributed by atoms with Gasteiger partial charge in [0.1, 0.15) is 0 Å². The monoisotopic (exact) mass is 457 g/mol. The van der Waals surface area contributed by atoms with E-state index in [-0.39, 0.29) is 23.4 Å². The summed E-state index contributed by atoms with van der Waals surface area (Å²) in [6, 6.07) is 4.09. The van der Waals surface area contributed by atoms with Crippen LogP contribution in [0.1, 0.15) is 38.2 Å². The number of nitrogens with one attached hydrogen (secondary N) is 1. The standard InChI is InChI=1S/C20H28ClN3O5S/c1-13-17(21)8-3-9-18(13)30(28,29)23-10-4-6-15(12-23)22-19(25)16-7-5-11-24(14(16)2)20(26)27/h3,8-9,14-16H,4-7,10-12H2,1-2H3,(H,22,25)(H,26,27)/t14?,15-,16-/m0/s1. The third-order valence-electron chi connectivity index (χ3n) is 6.14. The Morgan fingerprint density at radius 1 is 1.20 bits per heavy atom. The summed E-state index contributed by atoms with van der Waals surface area (Å²) in [6.07, 6.45) is 1.54. The van der Waals surface area contributed by atoms with Crippen LogP contribution in [0.4, 0.5) is 4.79 Å². The first kappa shape index (κ1) is 22.8. The van der Waals surface area contributed by atoms with Crippen LogP contribution in [0.3, 0.4) is 0 Å². The molecule has 2 N–H and O–H groups in total. The second kappa shape index (κ2) is 9.11. The lowest BCUT2D eigenvalue weighted by Crippen LogP contribution is -2.55. The fourth-order valence-corrected chi connectivity index (χ4v) is 6.36. The number of hydrogen-bond donors (Lipinski definition) is 2. The summed E-state index contributed by atoms with van der Waals surface area (Å²) < 4.78 is 27.7. The maximum atomic E-state index is 13.1. The molecule has 2 aliphatic heterocycles. The molecule has 0 bridgehead atoms. The Labute approximate surface area is 182 Å². The number of piperidine rings is 2. The summed E-state index contributed by atoms with van der Waals surface area (Å²) in [7, 11) is -3.73. The van der Waals surface area contributed by atoms with E-state index in [1.54, 1.807) is 32.0 Å². The fourth-order valence-electron chi connectivity index (χ4n) is 4.36. The van der Waals surface area contributed by atoms with Gasteiger partial charge in [-0.25, -0.2) is 13.2 Å². The van der Waals surface area contributed by atoms with Crippen molar-refractivity contribution in [3.8, 4) is 0 Å². The van der Waals surface area contributed by atoms with E-state index in [9.17, 15) is 23.1 Å². The molecule has 2 heterocycles. The first-order valence-electron chi connectivity index (χ1n) is 10.2. The highest BCUT2D eigenvalue weighted by atomic mass is 35.5. The number of rotatable bonds is 4. The van der Waals surface area contributed by atoms with Crippen molar-refractivity contribution in [3.05, 3.63) is 28.8 Å². The number of amides is 2. The zero-order chi connectivity index (χ0) is 22.1. The minimum atomic E-state index is -3.73. The average molecular weight is 458 g/mol. The number of carbonyl (C=O) groups excluding carboxylic acids is 1. The van der Waals surface area contributed by atoms with Crippen molar-refractivity contribution < 1.29 is 23.1 Å². The highest BCUT2D eigenvalue weighted by Gasteiger charge is 2.37. The summed E-state index contributed by atoms with van der Waals surface area (Å²) in [4.78, 5) is 25.7. The van der Waals surface area contributed by atoms with Crippen molar-refractivity contribution >= 4 is 33.6 Å². The summed E-state index contributed by atoms with van der Waals surface area (Å²) in [5.41, 5.74) is 0.509. The van der Waals surface area contributed by atoms with Crippen LogP contribution < -0.4 is 5.32 Å². The molecule has 10 heteroatoms. The second-order valence-electron chi connectivity index (χ2n) is 8.04. The predicted octanol–water partition coefficient (Wildman–Crippen LogP) is 2.70. The second-order valence-corrected chi connectivity index (χ2v) is 10.4. The molecule has 166 valence electrons. The molecule has 0 spiro atoms. The maximum absolute atomic E-state index is 13.1. The molecule has 2 saturated heterocycles. The van der Waals surface area contributed by atoms with Crippen molar-refractivity contribution in [1.29, 1.82) is 0 Å². The number of halogens is 1. The van der Waals surface area contributed by atoms with E-state index < -0.39 is 28.1 Å². The van der Waals surface area contributed by atoms with E-state index in [2.05, 4.69) is 5.32 Å². The lowest BCUT2D eigenvalue weighted by Gasteiger charge is -2.38. The fraction of sp³-hybridized carbons (Fsp3) is 0.600. The van der Waals surface area contributed by atoms with Gasteiger partial charge < -0.3 is 15.3 Å². The zero-order valence-corrected chi connectivity index (χ0v) is 18.7. The molecular weight excluding hydrogens is 430 g/mol. The lowest BCUT2D eigenvalue weighted by molar-refractivity contribution is -0.129. The third kappa shape index (κ3) is 4.58. The van der Waals surface area contributed by atoms with Crippen LogP contribution in [-0.4, -0.2) is 66.4 Å². The largest absolute Gasteiger partial charge is 0.465 e. The normalized spacial score (nSPS) is 25.7. The molecule has 0 saturated carbocycles. The molecular formula is C20H28ClN3O5S. The molecule has 0 aliphatic carbocycles. The first-order chi connectivity index (χ1) is 14.1. The molecule has 1 aromatic carbocycles. The van der Waals surface area contributed by atoms with Gasteiger partial charge in [-0.3, -0.25) is 4.79 Å². The molecule has 0 aromatic heterocycles. The van der Waals surface area contributed by atoms with Crippen LogP contribution in [0, 0.1) is 12.8 Å². The van der Waals surface area contributed by atoms with Gasteiger partial charge in [0.05, 0.1) is 10.8 Å². The number of carbonyl (C=O) groups is 2. The van der Waals surface area contributed by atoms with E-state index in [1.807, 2.05) is 0 Å². The highest BCUT2D eigenvalue weighted by Crippen LogP contribution is 2.28. The van der Waals surface area contributed by atoms with Gasteiger partial charge in [-0.05, 0) is 57.2 Å². The Morgan fingerprint density at radius 2 is 1.90 bits per heavy atom. The van der Waals surface area contributed by atoms with Crippen molar-refractivity contribution in [1.82, 2.24) is 14.5 Å². The molecule has 2 amide bonds. The van der Waals surface area contributed by atoms with E-state index in [1.165, 1.54) is 9.21 Å². The average Bonchev–Trinajstić information content (AvgIpc) is 2.70. The topological polar surface area (TPSA) is 107 Å². The van der Waals surface area contributed by atoms with Gasteiger partial charge in [0.15, 0.2) is 0 Å². The number of likely N-dealkylation sites (tertiary alicyclic amines) is 1. The van der Waals surface area contributed by atoms with Gasteiger partial charge in [0.25, 0.3) is 0 Å². The van der Waals surface area contributed by atoms with Gasteiger partial charge in [0.2, 0.25) is 15.9 Å². The summed E-state index contributed by atoms with van der Waals surface area (Å²) in [5, 5.41) is 12.7. The molecule has 2 fully saturated rings. The smallest absolute Gasteiger partial charge is 0.407 e. The minimum Gasteiger partial charge on any atom is -0.465 e. The van der Waals surface area contributed by atoms with Crippen molar-refractivity contribution in [3.63, 3.8) is 0 Å². The maximum Gasteiger partial charge on any atom is 0.407 e. The number of sulfonamides is 1. The Kier molecular flexibility index (Phi) is 6.94. The summed E-state index contributed by atoms with van der Waals surface area (Å²) >= 11 is 6.10. The van der Waals surface area contributed by atoms with Crippen LogP contribution in [0.2, 0.25) is 5.02 Å². The number of nitrogens with zero attached hydrogens (tertiary/aromatic N) is 2. The summed E-state index contributed by atoms with van der Waals surface area (Å²) in [6.45, 7) is 4.42. The van der Waals surface area contributed by atoms with Crippen LogP contribution in [0.5, 0.6) is 0 Å². The number of carboxylic acid groups (broad SMARTS) is 1. The minimum absolute atomic E-state index is 0.181. The van der Waals surface area contributed by atoms with Gasteiger partial charge in [-0.1, -0.05) is 17.7 Å². The molecule has 0 radical (unpaired) electrons. The van der Waals surface area contributed by atoms with E-state index in [4.69, 9.17) is 11.6 Å². The number of benzene rings is 1. The van der Waals surface area contributed by atoms with Crippen molar-refractivity contribution in [2.45, 2.75) is 56.5 Å². The van der Waals surface area contributed by atoms with Gasteiger partial charge in [0, 0.05) is 36.7 Å². The summed E-state index contributed by atoms with van der Waals surface area (Å²) in [5.74, 6) is -0.645. The van der Waals surface area contributed by atoms with Crippen LogP contribution in [0.15, 0.2) is 23.1 Å². The number of hydrogen-bond acceptors (Lipinski definition) is 4. The van der Waals surface area contributed by atoms with E-state index in [0.717, 1.165) is 0 Å². The molecule has 1 aromatic rings. The van der Waals surface area contributed by atoms with Crippen LogP contribution in [-0.2, 0) is 14.8 Å². The Bertz CT molecular complexity index is 923. The molecule has 3 atom stereocenters. The molecule has 3 rings (SSSR count). The lowest BCUT2D eigenvalue weighted by atomic mass is 9.89. The van der Waals surface area contributed by atoms with E-state index >= 15 is 0 Å². The first-order valence-corrected chi connectivity index (χ1v) is 12.0. The quantitative estimate of drug-likeness (QED) is 0.722. The van der Waals surface area contributed by atoms with Gasteiger partial charge in [-0.15, -0.1) is 0 Å². The van der Waals surface area contributed by atoms with Gasteiger partial charge in [-0.2, -0.15) is 4.31 Å². The van der Waals surface area contributed by atoms with Crippen molar-refractivity contribution in [2.75, 3.05) is 19.6 Å². The Balaban J connectivity index is 1.70. The Morgan fingerprint density at radius 3 is 2.60 bits per heavy atom. The van der Waals surface area contributed by atoms with Gasteiger partial charge >= 0.3 is 6.09 Å². The van der Waals surface area contributed by atoms with Crippen LogP contribution in [0.25, 0.3) is 0 Å². The third-order valence-corrected chi connectivity index (χ3v) is 8.56.